The molecule has 7 heteroatoms. The Hall–Kier alpha value is -2.18. The molecule has 0 spiro atoms. The minimum atomic E-state index is -1.46. The van der Waals surface area contributed by atoms with Gasteiger partial charge in [-0.15, -0.1) is 0 Å². The second kappa shape index (κ2) is 5.85. The van der Waals surface area contributed by atoms with Crippen LogP contribution in [0.3, 0.4) is 0 Å². The van der Waals surface area contributed by atoms with E-state index in [2.05, 4.69) is 5.32 Å². The van der Waals surface area contributed by atoms with Gasteiger partial charge in [-0.05, 0) is 26.3 Å². The summed E-state index contributed by atoms with van der Waals surface area (Å²) in [6.45, 7) is 5.66. The van der Waals surface area contributed by atoms with Gasteiger partial charge in [-0.1, -0.05) is 13.3 Å². The molecule has 0 aliphatic heterocycles. The van der Waals surface area contributed by atoms with Crippen LogP contribution in [0.15, 0.2) is 12.1 Å². The van der Waals surface area contributed by atoms with E-state index in [0.29, 0.717) is 6.07 Å². The molecule has 20 heavy (non-hydrogen) atoms. The smallest absolute Gasteiger partial charge is 0.342 e. The van der Waals surface area contributed by atoms with Crippen LogP contribution in [0, 0.1) is 15.9 Å². The van der Waals surface area contributed by atoms with Crippen molar-refractivity contribution >= 4 is 17.3 Å². The molecule has 0 atom stereocenters. The Morgan fingerprint density at radius 1 is 1.50 bits per heavy atom. The maximum Gasteiger partial charge on any atom is 0.342 e. The average Bonchev–Trinajstić information content (AvgIpc) is 2.30. The Kier molecular flexibility index (Phi) is 4.65. The lowest BCUT2D eigenvalue weighted by Gasteiger charge is -2.27. The first-order chi connectivity index (χ1) is 9.18. The van der Waals surface area contributed by atoms with E-state index < -0.39 is 33.5 Å². The van der Waals surface area contributed by atoms with Crippen LogP contribution in [0.5, 0.6) is 0 Å². The number of nitrogens with one attached hydrogen (secondary N) is 1. The van der Waals surface area contributed by atoms with Crippen LogP contribution in [0.25, 0.3) is 0 Å². The molecule has 0 aromatic heterocycles. The van der Waals surface area contributed by atoms with Crippen LogP contribution >= 0.6 is 0 Å². The number of nitro groups is 1. The van der Waals surface area contributed by atoms with E-state index in [-0.39, 0.29) is 5.69 Å². The summed E-state index contributed by atoms with van der Waals surface area (Å²) in [5.41, 5.74) is -1.78. The van der Waals surface area contributed by atoms with Crippen molar-refractivity contribution in [2.24, 2.45) is 0 Å². The Balaban J connectivity index is 3.26. The van der Waals surface area contributed by atoms with Gasteiger partial charge in [-0.25, -0.2) is 9.18 Å². The molecule has 0 fully saturated rings. The number of aromatic carboxylic acids is 1. The van der Waals surface area contributed by atoms with Crippen LogP contribution in [0.2, 0.25) is 0 Å². The molecule has 0 unspecified atom stereocenters. The second-order valence-corrected chi connectivity index (χ2v) is 5.17. The maximum absolute atomic E-state index is 13.9. The monoisotopic (exact) mass is 284 g/mol. The van der Waals surface area contributed by atoms with Gasteiger partial charge in [0.15, 0.2) is 5.82 Å². The molecule has 0 saturated carbocycles. The SMILES string of the molecule is CCCC(C)(C)Nc1cc(C(=O)O)c([N+](=O)[O-])cc1F. The van der Waals surface area contributed by atoms with Crippen molar-refractivity contribution in [3.05, 3.63) is 33.6 Å². The van der Waals surface area contributed by atoms with Gasteiger partial charge in [0.25, 0.3) is 5.69 Å². The first kappa shape index (κ1) is 15.9. The topological polar surface area (TPSA) is 92.5 Å². The maximum atomic E-state index is 13.9. The van der Waals surface area contributed by atoms with Gasteiger partial charge in [-0.2, -0.15) is 0 Å². The molecule has 0 saturated heterocycles. The molecule has 1 aromatic rings. The van der Waals surface area contributed by atoms with Crippen LogP contribution in [0.1, 0.15) is 44.0 Å². The number of carboxylic acid groups (broad SMARTS) is 1. The zero-order valence-corrected chi connectivity index (χ0v) is 11.6. The van der Waals surface area contributed by atoms with Crippen LogP contribution in [0.4, 0.5) is 15.8 Å². The molecule has 1 rings (SSSR count). The fourth-order valence-electron chi connectivity index (χ4n) is 2.03. The van der Waals surface area contributed by atoms with Crippen molar-refractivity contribution < 1.29 is 19.2 Å². The van der Waals surface area contributed by atoms with E-state index >= 15 is 0 Å². The summed E-state index contributed by atoms with van der Waals surface area (Å²) in [7, 11) is 0. The molecule has 0 radical (unpaired) electrons. The van der Waals surface area contributed by atoms with Gasteiger partial charge in [0.1, 0.15) is 5.56 Å². The highest BCUT2D eigenvalue weighted by Gasteiger charge is 2.25. The summed E-state index contributed by atoms with van der Waals surface area (Å²) in [4.78, 5) is 20.8. The molecule has 0 bridgehead atoms. The van der Waals surface area contributed by atoms with Crippen molar-refractivity contribution in [1.29, 1.82) is 0 Å². The van der Waals surface area contributed by atoms with E-state index in [1.165, 1.54) is 0 Å². The molecule has 6 nitrogen and oxygen atoms in total. The average molecular weight is 284 g/mol. The summed E-state index contributed by atoms with van der Waals surface area (Å²) >= 11 is 0. The Bertz CT molecular complexity index is 543. The number of nitrogens with zero attached hydrogens (tertiary/aromatic N) is 1. The predicted molar refractivity (Wildman–Crippen MR) is 72.6 cm³/mol. The molecule has 1 aromatic carbocycles. The largest absolute Gasteiger partial charge is 0.477 e. The quantitative estimate of drug-likeness (QED) is 0.616. The number of hydrogen-bond donors (Lipinski definition) is 2. The fraction of sp³-hybridized carbons (Fsp3) is 0.462. The third-order valence-corrected chi connectivity index (χ3v) is 2.86. The summed E-state index contributed by atoms with van der Waals surface area (Å²) in [6, 6.07) is 1.60. The Morgan fingerprint density at radius 2 is 2.10 bits per heavy atom. The van der Waals surface area contributed by atoms with Gasteiger partial charge in [-0.3, -0.25) is 10.1 Å². The fourth-order valence-corrected chi connectivity index (χ4v) is 2.03. The van der Waals surface area contributed by atoms with Crippen molar-refractivity contribution in [2.45, 2.75) is 39.2 Å². The molecular weight excluding hydrogens is 267 g/mol. The van der Waals surface area contributed by atoms with E-state index in [4.69, 9.17) is 5.11 Å². The molecule has 2 N–H and O–H groups in total. The normalized spacial score (nSPS) is 11.2. The molecule has 0 aliphatic carbocycles. The molecule has 110 valence electrons. The molecule has 0 aliphatic rings. The second-order valence-electron chi connectivity index (χ2n) is 5.17. The predicted octanol–water partition coefficient (Wildman–Crippen LogP) is 3.42. The molecule has 0 heterocycles. The first-order valence-electron chi connectivity index (χ1n) is 6.17. The van der Waals surface area contributed by atoms with Gasteiger partial charge in [0, 0.05) is 5.54 Å². The summed E-state index contributed by atoms with van der Waals surface area (Å²) in [5.74, 6) is -2.31. The third kappa shape index (κ3) is 3.66. The Labute approximate surface area is 115 Å². The highest BCUT2D eigenvalue weighted by atomic mass is 19.1. The van der Waals surface area contributed by atoms with Gasteiger partial charge < -0.3 is 10.4 Å². The van der Waals surface area contributed by atoms with Crippen LogP contribution in [-0.4, -0.2) is 21.5 Å². The third-order valence-electron chi connectivity index (χ3n) is 2.86. The van der Waals surface area contributed by atoms with E-state index in [0.717, 1.165) is 18.9 Å². The zero-order chi connectivity index (χ0) is 15.5. The molecular formula is C13H17FN2O4. The highest BCUT2D eigenvalue weighted by Crippen LogP contribution is 2.29. The number of carbonyl (C=O) groups is 1. The van der Waals surface area contributed by atoms with Crippen molar-refractivity contribution in [3.8, 4) is 0 Å². The van der Waals surface area contributed by atoms with Crippen molar-refractivity contribution in [2.75, 3.05) is 5.32 Å². The Morgan fingerprint density at radius 3 is 2.55 bits per heavy atom. The van der Waals surface area contributed by atoms with Crippen molar-refractivity contribution in [3.63, 3.8) is 0 Å². The molecule has 0 amide bonds. The van der Waals surface area contributed by atoms with Gasteiger partial charge in [0.05, 0.1) is 16.7 Å². The van der Waals surface area contributed by atoms with Gasteiger partial charge in [0.2, 0.25) is 0 Å². The minimum absolute atomic E-state index is 0.0496. The summed E-state index contributed by atoms with van der Waals surface area (Å²) in [6.07, 6.45) is 1.60. The van der Waals surface area contributed by atoms with E-state index in [9.17, 15) is 19.3 Å². The number of anilines is 1. The minimum Gasteiger partial charge on any atom is -0.477 e. The lowest BCUT2D eigenvalue weighted by molar-refractivity contribution is -0.385. The number of carboxylic acids is 1. The summed E-state index contributed by atoms with van der Waals surface area (Å²) in [5, 5.41) is 22.6. The number of hydrogen-bond acceptors (Lipinski definition) is 4. The standard InChI is InChI=1S/C13H17FN2O4/c1-4-5-13(2,3)15-10-6-8(12(17)18)11(16(19)20)7-9(10)14/h6-7,15H,4-5H2,1-3H3,(H,17,18). The van der Waals surface area contributed by atoms with Crippen LogP contribution in [-0.2, 0) is 0 Å². The lowest BCUT2D eigenvalue weighted by atomic mass is 9.98. The van der Waals surface area contributed by atoms with Crippen molar-refractivity contribution in [1.82, 2.24) is 0 Å². The number of nitro benzene ring substituents is 1. The first-order valence-corrected chi connectivity index (χ1v) is 6.17. The van der Waals surface area contributed by atoms with E-state index in [1.807, 2.05) is 20.8 Å². The lowest BCUT2D eigenvalue weighted by Crippen LogP contribution is -2.31. The number of benzene rings is 1. The number of rotatable bonds is 6. The highest BCUT2D eigenvalue weighted by molar-refractivity contribution is 5.93. The van der Waals surface area contributed by atoms with E-state index in [1.54, 1.807) is 0 Å². The zero-order valence-electron chi connectivity index (χ0n) is 11.6. The van der Waals surface area contributed by atoms with Crippen LogP contribution < -0.4 is 5.32 Å². The summed E-state index contributed by atoms with van der Waals surface area (Å²) < 4.78 is 13.9. The number of halogens is 1. The van der Waals surface area contributed by atoms with Gasteiger partial charge >= 0.3 is 5.97 Å².